The fourth-order valence-electron chi connectivity index (χ4n) is 0.950. The average Bonchev–Trinajstić information content (AvgIpc) is 2.14. The summed E-state index contributed by atoms with van der Waals surface area (Å²) in [5.74, 6) is -3.68. The molecular weight excluding hydrogens is 234 g/mol. The number of carboxylic acids is 2. The lowest BCUT2D eigenvalue weighted by Gasteiger charge is -2.16. The van der Waals surface area contributed by atoms with Crippen molar-refractivity contribution < 1.29 is 29.4 Å². The number of nitrogens with two attached hydrogens (primary N) is 1. The number of carbonyl (C=O) groups excluding carboxylic acids is 2. The number of hydrogen-bond acceptors (Lipinski definition) is 4. The topological polar surface area (TPSA) is 159 Å². The Hall–Kier alpha value is -2.32. The van der Waals surface area contributed by atoms with Crippen molar-refractivity contribution in [3.63, 3.8) is 0 Å². The van der Waals surface area contributed by atoms with Gasteiger partial charge in [0.1, 0.15) is 12.1 Å². The maximum atomic E-state index is 11.3. The molecule has 0 spiro atoms. The van der Waals surface area contributed by atoms with Crippen molar-refractivity contribution in [2.24, 2.45) is 5.73 Å². The molecule has 1 unspecified atom stereocenters. The second-order valence-electron chi connectivity index (χ2n) is 3.23. The van der Waals surface area contributed by atoms with Gasteiger partial charge in [-0.1, -0.05) is 0 Å². The zero-order valence-corrected chi connectivity index (χ0v) is 8.97. The van der Waals surface area contributed by atoms with Gasteiger partial charge in [-0.15, -0.1) is 0 Å². The van der Waals surface area contributed by atoms with Gasteiger partial charge in [-0.2, -0.15) is 0 Å². The van der Waals surface area contributed by atoms with Crippen LogP contribution in [0.15, 0.2) is 0 Å². The van der Waals surface area contributed by atoms with Gasteiger partial charge in [0.25, 0.3) is 0 Å². The number of aliphatic carboxylic acids is 2. The molecule has 0 rings (SSSR count). The van der Waals surface area contributed by atoms with Gasteiger partial charge in [0, 0.05) is 0 Å². The predicted octanol–water partition coefficient (Wildman–Crippen LogP) is -1.91. The molecule has 6 N–H and O–H groups in total. The summed E-state index contributed by atoms with van der Waals surface area (Å²) < 4.78 is 0. The first kappa shape index (κ1) is 14.7. The van der Waals surface area contributed by atoms with Crippen LogP contribution >= 0.6 is 0 Å². The van der Waals surface area contributed by atoms with Crippen molar-refractivity contribution in [3.05, 3.63) is 0 Å². The third-order valence-corrected chi connectivity index (χ3v) is 1.75. The summed E-state index contributed by atoms with van der Waals surface area (Å²) in [6.45, 7) is 1.28. The summed E-state index contributed by atoms with van der Waals surface area (Å²) in [5, 5.41) is 21.1. The lowest BCUT2D eigenvalue weighted by atomic mass is 10.2. The molecule has 0 aromatic heterocycles. The van der Waals surface area contributed by atoms with Crippen LogP contribution in [0.1, 0.15) is 13.3 Å². The molecule has 0 aliphatic carbocycles. The summed E-state index contributed by atoms with van der Waals surface area (Å²) in [6.07, 6.45) is -0.760. The molecule has 0 saturated carbocycles. The first-order chi connectivity index (χ1) is 7.73. The van der Waals surface area contributed by atoms with Gasteiger partial charge < -0.3 is 26.6 Å². The van der Waals surface area contributed by atoms with Crippen LogP contribution in [-0.4, -0.2) is 46.2 Å². The number of carbonyl (C=O) groups is 4. The van der Waals surface area contributed by atoms with E-state index in [0.29, 0.717) is 0 Å². The van der Waals surface area contributed by atoms with Crippen molar-refractivity contribution in [1.82, 2.24) is 10.6 Å². The third-order valence-electron chi connectivity index (χ3n) is 1.75. The van der Waals surface area contributed by atoms with Crippen molar-refractivity contribution in [3.8, 4) is 0 Å². The van der Waals surface area contributed by atoms with Gasteiger partial charge in [0.05, 0.1) is 6.42 Å². The molecule has 0 aliphatic heterocycles. The Morgan fingerprint density at radius 1 is 1.18 bits per heavy atom. The van der Waals surface area contributed by atoms with Gasteiger partial charge in [-0.3, -0.25) is 9.59 Å². The number of amides is 3. The molecule has 0 aromatic carbocycles. The lowest BCUT2D eigenvalue weighted by molar-refractivity contribution is -0.147. The highest BCUT2D eigenvalue weighted by atomic mass is 16.4. The minimum atomic E-state index is -1.56. The molecule has 0 bridgehead atoms. The van der Waals surface area contributed by atoms with E-state index in [4.69, 9.17) is 15.9 Å². The van der Waals surface area contributed by atoms with E-state index in [9.17, 15) is 19.2 Å². The molecular formula is C8H13N3O6. The number of primary amides is 1. The lowest BCUT2D eigenvalue weighted by Crippen LogP contribution is -2.51. The number of hydrogen-bond donors (Lipinski definition) is 5. The normalized spacial score (nSPS) is 13.2. The standard InChI is InChI=1S/C8H13N3O6/c1-3(10-8(9)17)6(14)11-4(7(15)16)2-5(12)13/h3-4H,2H2,1H3,(H,11,14)(H,12,13)(H,15,16)(H3,9,10,17)/t3?,4-/m1/s1. The van der Waals surface area contributed by atoms with E-state index in [2.05, 4.69) is 0 Å². The van der Waals surface area contributed by atoms with E-state index < -0.39 is 42.4 Å². The van der Waals surface area contributed by atoms with Crippen LogP contribution in [0.5, 0.6) is 0 Å². The third kappa shape index (κ3) is 5.97. The zero-order valence-electron chi connectivity index (χ0n) is 8.97. The van der Waals surface area contributed by atoms with Crippen LogP contribution in [0, 0.1) is 0 Å². The number of urea groups is 1. The molecule has 0 aromatic rings. The fraction of sp³-hybridized carbons (Fsp3) is 0.500. The summed E-state index contributed by atoms with van der Waals surface area (Å²) in [7, 11) is 0. The van der Waals surface area contributed by atoms with Gasteiger partial charge >= 0.3 is 18.0 Å². The maximum absolute atomic E-state index is 11.3. The summed E-state index contributed by atoms with van der Waals surface area (Å²) in [4.78, 5) is 42.7. The Labute approximate surface area is 96.0 Å². The smallest absolute Gasteiger partial charge is 0.326 e. The van der Waals surface area contributed by atoms with E-state index in [1.54, 1.807) is 0 Å². The van der Waals surface area contributed by atoms with E-state index in [0.717, 1.165) is 0 Å². The van der Waals surface area contributed by atoms with Gasteiger partial charge in [0.2, 0.25) is 5.91 Å². The molecule has 9 nitrogen and oxygen atoms in total. The Bertz CT molecular complexity index is 342. The van der Waals surface area contributed by atoms with Crippen LogP contribution in [0.25, 0.3) is 0 Å². The fourth-order valence-corrected chi connectivity index (χ4v) is 0.950. The molecule has 96 valence electrons. The maximum Gasteiger partial charge on any atom is 0.326 e. The number of nitrogens with one attached hydrogen (secondary N) is 2. The summed E-state index contributed by atoms with van der Waals surface area (Å²) >= 11 is 0. The Kier molecular flexibility index (Phi) is 5.44. The Balaban J connectivity index is 4.44. The largest absolute Gasteiger partial charge is 0.481 e. The van der Waals surface area contributed by atoms with E-state index in [1.165, 1.54) is 6.92 Å². The quantitative estimate of drug-likeness (QED) is 0.368. The van der Waals surface area contributed by atoms with Crippen molar-refractivity contribution >= 4 is 23.9 Å². The highest BCUT2D eigenvalue weighted by molar-refractivity contribution is 5.90. The number of rotatable bonds is 6. The van der Waals surface area contributed by atoms with Gasteiger partial charge in [0.15, 0.2) is 0 Å². The molecule has 9 heteroatoms. The molecule has 0 heterocycles. The minimum Gasteiger partial charge on any atom is -0.481 e. The Morgan fingerprint density at radius 2 is 1.71 bits per heavy atom. The van der Waals surface area contributed by atoms with E-state index in [1.807, 2.05) is 10.6 Å². The van der Waals surface area contributed by atoms with Crippen molar-refractivity contribution in [2.75, 3.05) is 0 Å². The van der Waals surface area contributed by atoms with Gasteiger partial charge in [-0.25, -0.2) is 9.59 Å². The molecule has 2 atom stereocenters. The van der Waals surface area contributed by atoms with Crippen LogP contribution in [0.2, 0.25) is 0 Å². The molecule has 0 radical (unpaired) electrons. The van der Waals surface area contributed by atoms with Crippen molar-refractivity contribution in [1.29, 1.82) is 0 Å². The molecule has 0 fully saturated rings. The minimum absolute atomic E-state index is 0.760. The van der Waals surface area contributed by atoms with Crippen molar-refractivity contribution in [2.45, 2.75) is 25.4 Å². The molecule has 3 amide bonds. The average molecular weight is 247 g/mol. The van der Waals surface area contributed by atoms with Crippen LogP contribution < -0.4 is 16.4 Å². The van der Waals surface area contributed by atoms with E-state index >= 15 is 0 Å². The predicted molar refractivity (Wildman–Crippen MR) is 54.0 cm³/mol. The Morgan fingerprint density at radius 3 is 2.06 bits per heavy atom. The highest BCUT2D eigenvalue weighted by Crippen LogP contribution is 1.94. The summed E-state index contributed by atoms with van der Waals surface area (Å²) in [5.41, 5.74) is 4.76. The first-order valence-corrected chi connectivity index (χ1v) is 4.55. The molecule has 0 aliphatic rings. The zero-order chi connectivity index (χ0) is 13.6. The van der Waals surface area contributed by atoms with Crippen LogP contribution in [0.4, 0.5) is 4.79 Å². The van der Waals surface area contributed by atoms with Crippen LogP contribution in [0.3, 0.4) is 0 Å². The monoisotopic (exact) mass is 247 g/mol. The SMILES string of the molecule is CC(NC(N)=O)C(=O)N[C@H](CC(=O)O)C(=O)O. The van der Waals surface area contributed by atoms with E-state index in [-0.39, 0.29) is 0 Å². The molecule has 0 saturated heterocycles. The molecule has 17 heavy (non-hydrogen) atoms. The second kappa shape index (κ2) is 6.30. The second-order valence-corrected chi connectivity index (χ2v) is 3.23. The summed E-state index contributed by atoms with van der Waals surface area (Å²) in [6, 6.07) is -3.56. The highest BCUT2D eigenvalue weighted by Gasteiger charge is 2.25. The first-order valence-electron chi connectivity index (χ1n) is 4.55. The van der Waals surface area contributed by atoms with Crippen LogP contribution in [-0.2, 0) is 14.4 Å². The number of carboxylic acid groups (broad SMARTS) is 2. The van der Waals surface area contributed by atoms with Gasteiger partial charge in [-0.05, 0) is 6.92 Å².